The zero-order valence-electron chi connectivity index (χ0n) is 12.9. The maximum absolute atomic E-state index is 12.2. The summed E-state index contributed by atoms with van der Waals surface area (Å²) in [6.07, 6.45) is 4.69. The van der Waals surface area contributed by atoms with Crippen LogP contribution in [0.15, 0.2) is 4.42 Å². The quantitative estimate of drug-likeness (QED) is 0.897. The van der Waals surface area contributed by atoms with Crippen LogP contribution in [0.2, 0.25) is 0 Å². The van der Waals surface area contributed by atoms with Gasteiger partial charge in [-0.2, -0.15) is 0 Å². The molecule has 3 rings (SSSR count). The van der Waals surface area contributed by atoms with Crippen molar-refractivity contribution in [1.82, 2.24) is 20.4 Å². The minimum Gasteiger partial charge on any atom is -0.424 e. The van der Waals surface area contributed by atoms with Crippen LogP contribution in [0.1, 0.15) is 43.9 Å². The van der Waals surface area contributed by atoms with Gasteiger partial charge in [0.25, 0.3) is 0 Å². The molecule has 2 amide bonds. The van der Waals surface area contributed by atoms with E-state index < -0.39 is 0 Å². The molecule has 2 heterocycles. The number of amides is 2. The molecule has 2 aliphatic rings. The Kier molecular flexibility index (Phi) is 4.40. The van der Waals surface area contributed by atoms with Crippen LogP contribution < -0.4 is 5.32 Å². The molecule has 0 spiro atoms. The number of nitrogens with zero attached hydrogens (tertiary/aromatic N) is 3. The average Bonchev–Trinajstić information content (AvgIpc) is 2.89. The van der Waals surface area contributed by atoms with Crippen LogP contribution in [0.5, 0.6) is 0 Å². The number of nitrogens with one attached hydrogen (secondary N) is 1. The summed E-state index contributed by atoms with van der Waals surface area (Å²) in [5.74, 6) is 1.41. The molecule has 0 radical (unpaired) electrons. The van der Waals surface area contributed by atoms with Crippen molar-refractivity contribution in [3.8, 4) is 0 Å². The first kappa shape index (κ1) is 15.0. The highest BCUT2D eigenvalue weighted by atomic mass is 16.4. The summed E-state index contributed by atoms with van der Waals surface area (Å²) in [5, 5.41) is 10.4. The number of hydrogen-bond acceptors (Lipinski definition) is 5. The van der Waals surface area contributed by atoms with E-state index in [4.69, 9.17) is 4.42 Å². The normalized spacial score (nSPS) is 19.8. The van der Waals surface area contributed by atoms with E-state index in [2.05, 4.69) is 15.5 Å². The largest absolute Gasteiger partial charge is 0.424 e. The van der Waals surface area contributed by atoms with Crippen LogP contribution in [-0.4, -0.2) is 40.0 Å². The Balaban J connectivity index is 1.42. The fourth-order valence-electron chi connectivity index (χ4n) is 2.99. The molecule has 2 fully saturated rings. The van der Waals surface area contributed by atoms with Gasteiger partial charge in [-0.05, 0) is 25.7 Å². The molecule has 7 heteroatoms. The van der Waals surface area contributed by atoms with Crippen molar-refractivity contribution >= 4 is 11.8 Å². The molecule has 1 N–H and O–H groups in total. The first-order valence-corrected chi connectivity index (χ1v) is 7.99. The van der Waals surface area contributed by atoms with Gasteiger partial charge in [0.1, 0.15) is 0 Å². The Morgan fingerprint density at radius 3 is 2.45 bits per heavy atom. The number of aromatic nitrogens is 2. The standard InChI is InChI=1S/C15H22N4O3/c1-10-17-18-13(22-10)9-16-14(20)11-5-7-19(8-6-11)15(21)12-3-2-4-12/h11-12H,2-9H2,1H3,(H,16,20). The minimum absolute atomic E-state index is 0.00611. The Morgan fingerprint density at radius 1 is 1.18 bits per heavy atom. The Hall–Kier alpha value is -1.92. The summed E-state index contributed by atoms with van der Waals surface area (Å²) in [4.78, 5) is 26.2. The summed E-state index contributed by atoms with van der Waals surface area (Å²) in [5.41, 5.74) is 0. The molecule has 1 aromatic rings. The number of rotatable bonds is 4. The smallest absolute Gasteiger partial charge is 0.235 e. The van der Waals surface area contributed by atoms with E-state index in [0.717, 1.165) is 25.7 Å². The van der Waals surface area contributed by atoms with Crippen LogP contribution >= 0.6 is 0 Å². The van der Waals surface area contributed by atoms with Crippen LogP contribution in [0.3, 0.4) is 0 Å². The molecule has 1 aliphatic carbocycles. The highest BCUT2D eigenvalue weighted by Gasteiger charge is 2.33. The molecule has 7 nitrogen and oxygen atoms in total. The second kappa shape index (κ2) is 6.46. The third-order valence-electron chi connectivity index (χ3n) is 4.61. The third-order valence-corrected chi connectivity index (χ3v) is 4.61. The fraction of sp³-hybridized carbons (Fsp3) is 0.733. The van der Waals surface area contributed by atoms with E-state index in [0.29, 0.717) is 24.9 Å². The van der Waals surface area contributed by atoms with Gasteiger partial charge in [-0.15, -0.1) is 10.2 Å². The van der Waals surface area contributed by atoms with Crippen molar-refractivity contribution in [3.63, 3.8) is 0 Å². The van der Waals surface area contributed by atoms with Gasteiger partial charge >= 0.3 is 0 Å². The van der Waals surface area contributed by atoms with E-state index in [1.54, 1.807) is 6.92 Å². The second-order valence-corrected chi connectivity index (χ2v) is 6.16. The average molecular weight is 306 g/mol. The summed E-state index contributed by atoms with van der Waals surface area (Å²) in [6.45, 7) is 3.36. The number of aryl methyl sites for hydroxylation is 1. The van der Waals surface area contributed by atoms with E-state index >= 15 is 0 Å². The highest BCUT2D eigenvalue weighted by molar-refractivity contribution is 5.81. The van der Waals surface area contributed by atoms with Crippen LogP contribution in [0, 0.1) is 18.8 Å². The predicted octanol–water partition coefficient (Wildman–Crippen LogP) is 1.03. The third kappa shape index (κ3) is 3.28. The second-order valence-electron chi connectivity index (χ2n) is 6.16. The van der Waals surface area contributed by atoms with Crippen molar-refractivity contribution in [2.24, 2.45) is 11.8 Å². The van der Waals surface area contributed by atoms with Crippen molar-refractivity contribution in [2.45, 2.75) is 45.6 Å². The van der Waals surface area contributed by atoms with E-state index in [9.17, 15) is 9.59 Å². The number of likely N-dealkylation sites (tertiary alicyclic amines) is 1. The molecule has 0 bridgehead atoms. The van der Waals surface area contributed by atoms with Gasteiger partial charge in [-0.1, -0.05) is 6.42 Å². The van der Waals surface area contributed by atoms with E-state index in [1.807, 2.05) is 4.90 Å². The molecule has 1 saturated carbocycles. The zero-order chi connectivity index (χ0) is 15.5. The number of piperidine rings is 1. The van der Waals surface area contributed by atoms with Crippen molar-refractivity contribution < 1.29 is 14.0 Å². The monoisotopic (exact) mass is 306 g/mol. The minimum atomic E-state index is -0.0329. The lowest BCUT2D eigenvalue weighted by molar-refractivity contribution is -0.141. The molecule has 1 aliphatic heterocycles. The first-order valence-electron chi connectivity index (χ1n) is 7.99. The lowest BCUT2D eigenvalue weighted by atomic mass is 9.83. The van der Waals surface area contributed by atoms with Crippen molar-refractivity contribution in [1.29, 1.82) is 0 Å². The molecule has 0 aromatic carbocycles. The van der Waals surface area contributed by atoms with Gasteiger partial charge in [0.2, 0.25) is 23.6 Å². The summed E-state index contributed by atoms with van der Waals surface area (Å²) < 4.78 is 5.23. The molecule has 120 valence electrons. The zero-order valence-corrected chi connectivity index (χ0v) is 12.9. The molecular weight excluding hydrogens is 284 g/mol. The Morgan fingerprint density at radius 2 is 1.91 bits per heavy atom. The lowest BCUT2D eigenvalue weighted by Gasteiger charge is -2.36. The van der Waals surface area contributed by atoms with Gasteiger partial charge in [0.05, 0.1) is 6.54 Å². The predicted molar refractivity (Wildman–Crippen MR) is 77.5 cm³/mol. The Labute approximate surface area is 129 Å². The van der Waals surface area contributed by atoms with Gasteiger partial charge in [0.15, 0.2) is 0 Å². The molecule has 0 atom stereocenters. The number of carbonyl (C=O) groups is 2. The molecular formula is C15H22N4O3. The van der Waals surface area contributed by atoms with E-state index in [-0.39, 0.29) is 30.2 Å². The molecule has 0 unspecified atom stereocenters. The Bertz CT molecular complexity index is 545. The summed E-state index contributed by atoms with van der Waals surface area (Å²) >= 11 is 0. The van der Waals surface area contributed by atoms with Gasteiger partial charge in [0, 0.05) is 31.8 Å². The molecule has 1 saturated heterocycles. The molecule has 22 heavy (non-hydrogen) atoms. The van der Waals surface area contributed by atoms with Crippen molar-refractivity contribution in [3.05, 3.63) is 11.8 Å². The number of carbonyl (C=O) groups excluding carboxylic acids is 2. The van der Waals surface area contributed by atoms with Crippen molar-refractivity contribution in [2.75, 3.05) is 13.1 Å². The summed E-state index contributed by atoms with van der Waals surface area (Å²) in [6, 6.07) is 0. The topological polar surface area (TPSA) is 88.3 Å². The van der Waals surface area contributed by atoms with Crippen LogP contribution in [0.4, 0.5) is 0 Å². The fourth-order valence-corrected chi connectivity index (χ4v) is 2.99. The SMILES string of the molecule is Cc1nnc(CNC(=O)C2CCN(C(=O)C3CCC3)CC2)o1. The van der Waals surface area contributed by atoms with Gasteiger partial charge in [-0.25, -0.2) is 0 Å². The molecule has 1 aromatic heterocycles. The van der Waals surface area contributed by atoms with Crippen LogP contribution in [-0.2, 0) is 16.1 Å². The summed E-state index contributed by atoms with van der Waals surface area (Å²) in [7, 11) is 0. The van der Waals surface area contributed by atoms with E-state index in [1.165, 1.54) is 6.42 Å². The van der Waals surface area contributed by atoms with Gasteiger partial charge < -0.3 is 14.6 Å². The van der Waals surface area contributed by atoms with Crippen LogP contribution in [0.25, 0.3) is 0 Å². The maximum atomic E-state index is 12.2. The maximum Gasteiger partial charge on any atom is 0.235 e. The highest BCUT2D eigenvalue weighted by Crippen LogP contribution is 2.30. The first-order chi connectivity index (χ1) is 10.6. The van der Waals surface area contributed by atoms with Gasteiger partial charge in [-0.3, -0.25) is 9.59 Å². The lowest BCUT2D eigenvalue weighted by Crippen LogP contribution is -2.46. The number of hydrogen-bond donors (Lipinski definition) is 1.